The van der Waals surface area contributed by atoms with Gasteiger partial charge in [0, 0.05) is 24.3 Å². The summed E-state index contributed by atoms with van der Waals surface area (Å²) in [5.41, 5.74) is 1.78. The van der Waals surface area contributed by atoms with E-state index in [4.69, 9.17) is 0 Å². The minimum atomic E-state index is -4.58. The predicted molar refractivity (Wildman–Crippen MR) is 86.7 cm³/mol. The maximum atomic E-state index is 11.3. The first-order chi connectivity index (χ1) is 10.9. The van der Waals surface area contributed by atoms with E-state index in [9.17, 15) is 25.9 Å². The normalized spacial score (nSPS) is 21.2. The third-order valence-corrected chi connectivity index (χ3v) is 6.35. The Labute approximate surface area is 142 Å². The van der Waals surface area contributed by atoms with E-state index in [1.807, 2.05) is 25.3 Å². The molecule has 0 spiro atoms. The molecule has 1 aromatic carbocycles. The lowest BCUT2D eigenvalue weighted by atomic mass is 9.76. The molecule has 1 atom stereocenters. The summed E-state index contributed by atoms with van der Waals surface area (Å²) in [7, 11) is -8.89. The Morgan fingerprint density at radius 1 is 1.17 bits per heavy atom. The molecule has 0 saturated heterocycles. The van der Waals surface area contributed by atoms with Crippen molar-refractivity contribution < 1.29 is 30.5 Å². The largest absolute Gasteiger partial charge is 0.748 e. The molecule has 1 heterocycles. The predicted octanol–water partition coefficient (Wildman–Crippen LogP) is 1.31. The quantitative estimate of drug-likeness (QED) is 0.547. The molecule has 7 nitrogen and oxygen atoms in total. The van der Waals surface area contributed by atoms with E-state index in [1.54, 1.807) is 6.07 Å². The number of hydrogen-bond acceptors (Lipinski definition) is 6. The van der Waals surface area contributed by atoms with Gasteiger partial charge in [-0.05, 0) is 38.8 Å². The minimum Gasteiger partial charge on any atom is -0.748 e. The van der Waals surface area contributed by atoms with Gasteiger partial charge in [-0.15, -0.1) is 0 Å². The topological polar surface area (TPSA) is 117 Å². The van der Waals surface area contributed by atoms with Crippen LogP contribution in [-0.4, -0.2) is 48.5 Å². The summed E-state index contributed by atoms with van der Waals surface area (Å²) in [5, 5.41) is 0. The average molecular weight is 374 g/mol. The number of hydrogen-bond donors (Lipinski definition) is 0. The Balaban J connectivity index is 2.51. The molecule has 0 amide bonds. The molecule has 0 N–H and O–H groups in total. The van der Waals surface area contributed by atoms with E-state index in [0.717, 1.165) is 11.4 Å². The molecule has 0 saturated carbocycles. The van der Waals surface area contributed by atoms with Crippen LogP contribution in [0.2, 0.25) is 0 Å². The zero-order valence-corrected chi connectivity index (χ0v) is 15.4. The van der Waals surface area contributed by atoms with Crippen molar-refractivity contribution in [2.45, 2.75) is 43.9 Å². The Morgan fingerprint density at radius 2 is 1.79 bits per heavy atom. The van der Waals surface area contributed by atoms with Gasteiger partial charge < -0.3 is 9.11 Å². The third kappa shape index (κ3) is 3.53. The second kappa shape index (κ2) is 6.21. The van der Waals surface area contributed by atoms with Crippen molar-refractivity contribution in [1.29, 1.82) is 0 Å². The molecule has 0 radical (unpaired) electrons. The van der Waals surface area contributed by atoms with E-state index in [2.05, 4.69) is 0 Å². The van der Waals surface area contributed by atoms with Crippen LogP contribution in [0.15, 0.2) is 23.1 Å². The van der Waals surface area contributed by atoms with Crippen LogP contribution in [0.25, 0.3) is 0 Å². The number of benzene rings is 1. The second-order valence-electron chi connectivity index (χ2n) is 6.16. The smallest absolute Gasteiger partial charge is 0.209 e. The van der Waals surface area contributed by atoms with Crippen molar-refractivity contribution in [3.05, 3.63) is 23.8 Å². The molecule has 0 bridgehead atoms. The summed E-state index contributed by atoms with van der Waals surface area (Å²) in [6.07, 6.45) is 0.525. The van der Waals surface area contributed by atoms with Crippen molar-refractivity contribution in [2.75, 3.05) is 12.3 Å². The van der Waals surface area contributed by atoms with Gasteiger partial charge in [-0.3, -0.25) is 0 Å². The highest BCUT2D eigenvalue weighted by molar-refractivity contribution is 7.86. The van der Waals surface area contributed by atoms with Crippen LogP contribution in [0.1, 0.15) is 39.2 Å². The van der Waals surface area contributed by atoms with Gasteiger partial charge in [0.05, 0.1) is 20.4 Å². The van der Waals surface area contributed by atoms with Gasteiger partial charge >= 0.3 is 0 Å². The fraction of sp³-hybridized carbons (Fsp3) is 0.533. The molecule has 134 valence electrons. The molecule has 24 heavy (non-hydrogen) atoms. The lowest BCUT2D eigenvalue weighted by Gasteiger charge is -2.23. The molecular weight excluding hydrogens is 354 g/mol. The molecule has 1 aromatic rings. The van der Waals surface area contributed by atoms with Gasteiger partial charge in [0.15, 0.2) is 5.71 Å². The van der Waals surface area contributed by atoms with E-state index in [-0.39, 0.29) is 11.3 Å². The Kier molecular flexibility index (Phi) is 4.93. The van der Waals surface area contributed by atoms with Crippen molar-refractivity contribution in [1.82, 2.24) is 0 Å². The van der Waals surface area contributed by atoms with Crippen LogP contribution in [0.5, 0.6) is 0 Å². The van der Waals surface area contributed by atoms with Crippen LogP contribution in [0.4, 0.5) is 5.69 Å². The first-order valence-corrected chi connectivity index (χ1v) is 10.5. The fourth-order valence-corrected chi connectivity index (χ4v) is 4.34. The van der Waals surface area contributed by atoms with Crippen LogP contribution < -0.4 is 0 Å². The molecule has 0 aromatic heterocycles. The van der Waals surface area contributed by atoms with Crippen molar-refractivity contribution in [3.63, 3.8) is 0 Å². The Hall–Kier alpha value is -1.29. The van der Waals surface area contributed by atoms with E-state index < -0.39 is 31.4 Å². The van der Waals surface area contributed by atoms with Gasteiger partial charge in [0.25, 0.3) is 0 Å². The Bertz CT molecular complexity index is 902. The fourth-order valence-electron chi connectivity index (χ4n) is 3.35. The molecule has 9 heteroatoms. The summed E-state index contributed by atoms with van der Waals surface area (Å²) in [4.78, 5) is -0.310. The van der Waals surface area contributed by atoms with Crippen molar-refractivity contribution in [3.8, 4) is 0 Å². The number of rotatable bonds is 6. The Morgan fingerprint density at radius 3 is 2.29 bits per heavy atom. The van der Waals surface area contributed by atoms with Gasteiger partial charge in [0.2, 0.25) is 5.69 Å². The minimum absolute atomic E-state index is 0.158. The lowest BCUT2D eigenvalue weighted by Crippen LogP contribution is -2.31. The zero-order valence-electron chi connectivity index (χ0n) is 13.8. The van der Waals surface area contributed by atoms with Crippen LogP contribution >= 0.6 is 0 Å². The summed E-state index contributed by atoms with van der Waals surface area (Å²) >= 11 is 0. The molecule has 0 fully saturated rings. The zero-order chi connectivity index (χ0) is 18.3. The monoisotopic (exact) mass is 374 g/mol. The highest BCUT2D eigenvalue weighted by Gasteiger charge is 2.45. The van der Waals surface area contributed by atoms with Gasteiger partial charge in [-0.1, -0.05) is 0 Å². The van der Waals surface area contributed by atoms with Crippen molar-refractivity contribution in [2.24, 2.45) is 0 Å². The molecule has 0 aliphatic carbocycles. The summed E-state index contributed by atoms with van der Waals surface area (Å²) in [6, 6.07) is 4.25. The van der Waals surface area contributed by atoms with E-state index >= 15 is 0 Å². The highest BCUT2D eigenvalue weighted by atomic mass is 32.2. The van der Waals surface area contributed by atoms with Crippen LogP contribution in [-0.2, 0) is 25.7 Å². The SMILES string of the molecule is CC[N+]1=C(C)C(C)(CCCS(=O)(=O)[O-])c2cc(S(=O)(=O)[O-])ccc21. The molecule has 1 aliphatic heterocycles. The third-order valence-electron chi connectivity index (χ3n) is 4.73. The standard InChI is InChI=1S/C15H21NO6S2/c1-4-16-11(2)15(3,8-5-9-23(17,18)19)13-10-12(24(20,21)22)6-7-14(13)16/h6-7,10H,4-5,8-9H2,1-3H3,(H-,17,18,19,20,21,22)/p-1. The van der Waals surface area contributed by atoms with Gasteiger partial charge in [-0.2, -0.15) is 4.58 Å². The van der Waals surface area contributed by atoms with Gasteiger partial charge in [0.1, 0.15) is 16.7 Å². The first-order valence-electron chi connectivity index (χ1n) is 7.55. The highest BCUT2D eigenvalue weighted by Crippen LogP contribution is 2.43. The van der Waals surface area contributed by atoms with E-state index in [0.29, 0.717) is 18.5 Å². The molecule has 1 aliphatic rings. The summed E-state index contributed by atoms with van der Waals surface area (Å²) in [6.45, 7) is 6.35. The maximum Gasteiger partial charge on any atom is 0.209 e. The number of fused-ring (bicyclic) bond motifs is 1. The van der Waals surface area contributed by atoms with E-state index in [1.165, 1.54) is 12.1 Å². The van der Waals surface area contributed by atoms with Crippen LogP contribution in [0, 0.1) is 0 Å². The summed E-state index contributed by atoms with van der Waals surface area (Å²) < 4.78 is 68.5. The average Bonchev–Trinajstić information content (AvgIpc) is 2.65. The molecule has 2 rings (SSSR count). The first kappa shape index (κ1) is 19.0. The maximum absolute atomic E-state index is 11.3. The summed E-state index contributed by atoms with van der Waals surface area (Å²) in [5.74, 6) is -0.475. The lowest BCUT2D eigenvalue weighted by molar-refractivity contribution is -0.434. The molecular formula is C15H20NO6S2-. The second-order valence-corrected chi connectivity index (χ2v) is 9.06. The van der Waals surface area contributed by atoms with Crippen LogP contribution in [0.3, 0.4) is 0 Å². The number of nitrogens with zero attached hydrogens (tertiary/aromatic N) is 1. The van der Waals surface area contributed by atoms with Gasteiger partial charge in [-0.25, -0.2) is 16.8 Å². The molecule has 1 unspecified atom stereocenters. The van der Waals surface area contributed by atoms with Crippen molar-refractivity contribution >= 4 is 31.6 Å².